The molecule has 0 spiro atoms. The molecule has 0 radical (unpaired) electrons. The lowest BCUT2D eigenvalue weighted by Crippen LogP contribution is -2.40. The summed E-state index contributed by atoms with van der Waals surface area (Å²) in [5.74, 6) is 0.631. The molecule has 2 heteroatoms. The molecule has 0 saturated heterocycles. The van der Waals surface area contributed by atoms with Crippen LogP contribution < -0.4 is 5.73 Å². The molecular weight excluding hydrogens is 196 g/mol. The van der Waals surface area contributed by atoms with Crippen molar-refractivity contribution >= 4 is 0 Å². The van der Waals surface area contributed by atoms with E-state index in [1.54, 1.807) is 0 Å². The second kappa shape index (κ2) is 4.54. The van der Waals surface area contributed by atoms with Gasteiger partial charge < -0.3 is 5.73 Å². The Bertz CT molecular complexity index is 332. The topological polar surface area (TPSA) is 38.9 Å². The smallest absolute Gasteiger partial charge is 0.0270 e. The molecule has 16 heavy (non-hydrogen) atoms. The zero-order chi connectivity index (χ0) is 11.6. The molecule has 0 aromatic carbocycles. The molecule has 2 unspecified atom stereocenters. The average Bonchev–Trinajstić information content (AvgIpc) is 2.25. The summed E-state index contributed by atoms with van der Waals surface area (Å²) in [4.78, 5) is 4.05. The summed E-state index contributed by atoms with van der Waals surface area (Å²) < 4.78 is 0. The monoisotopic (exact) mass is 218 g/mol. The van der Waals surface area contributed by atoms with Gasteiger partial charge in [0.2, 0.25) is 0 Å². The van der Waals surface area contributed by atoms with Crippen LogP contribution >= 0.6 is 0 Å². The Hall–Kier alpha value is -0.890. The fraction of sp³-hybridized carbons (Fsp3) is 0.643. The summed E-state index contributed by atoms with van der Waals surface area (Å²) in [6, 6.07) is 4.59. The predicted octanol–water partition coefficient (Wildman–Crippen LogP) is 2.78. The van der Waals surface area contributed by atoms with Gasteiger partial charge in [-0.2, -0.15) is 0 Å². The number of hydrogen-bond acceptors (Lipinski definition) is 2. The van der Waals surface area contributed by atoms with Gasteiger partial charge in [-0.05, 0) is 54.7 Å². The van der Waals surface area contributed by atoms with E-state index in [1.165, 1.54) is 24.8 Å². The molecule has 1 aromatic heterocycles. The zero-order valence-corrected chi connectivity index (χ0v) is 10.3. The standard InChI is InChI=1S/C14H22N2/c1-14(2)6-3-13(15)12(10-14)9-11-4-7-16-8-5-11/h4-5,7-8,12-13H,3,6,9-10,15H2,1-2H3. The summed E-state index contributed by atoms with van der Waals surface area (Å²) in [6.45, 7) is 4.72. The first-order valence-corrected chi connectivity index (χ1v) is 6.21. The average molecular weight is 218 g/mol. The van der Waals surface area contributed by atoms with Gasteiger partial charge in [-0.3, -0.25) is 4.98 Å². The molecule has 1 heterocycles. The first-order valence-electron chi connectivity index (χ1n) is 6.21. The van der Waals surface area contributed by atoms with Crippen LogP contribution in [0.25, 0.3) is 0 Å². The maximum Gasteiger partial charge on any atom is 0.0270 e. The lowest BCUT2D eigenvalue weighted by molar-refractivity contribution is 0.157. The van der Waals surface area contributed by atoms with Gasteiger partial charge in [0.05, 0.1) is 0 Å². The van der Waals surface area contributed by atoms with Gasteiger partial charge in [-0.25, -0.2) is 0 Å². The molecule has 0 amide bonds. The Balaban J connectivity index is 2.03. The van der Waals surface area contributed by atoms with Crippen molar-refractivity contribution in [3.05, 3.63) is 30.1 Å². The maximum absolute atomic E-state index is 6.23. The molecule has 1 aliphatic carbocycles. The SMILES string of the molecule is CC1(C)CCC(N)C(Cc2ccncc2)C1. The molecule has 2 N–H and O–H groups in total. The minimum atomic E-state index is 0.376. The first-order chi connectivity index (χ1) is 7.57. The maximum atomic E-state index is 6.23. The Kier molecular flexibility index (Phi) is 3.29. The molecule has 0 aliphatic heterocycles. The fourth-order valence-electron chi connectivity index (χ4n) is 2.80. The van der Waals surface area contributed by atoms with Crippen molar-refractivity contribution in [2.45, 2.75) is 45.6 Å². The van der Waals surface area contributed by atoms with Crippen LogP contribution in [0.15, 0.2) is 24.5 Å². The van der Waals surface area contributed by atoms with E-state index in [2.05, 4.69) is 31.0 Å². The van der Waals surface area contributed by atoms with Crippen molar-refractivity contribution in [2.75, 3.05) is 0 Å². The van der Waals surface area contributed by atoms with Crippen molar-refractivity contribution < 1.29 is 0 Å². The highest BCUT2D eigenvalue weighted by molar-refractivity contribution is 5.11. The third-order valence-electron chi connectivity index (χ3n) is 3.82. The number of nitrogens with zero attached hydrogens (tertiary/aromatic N) is 1. The summed E-state index contributed by atoms with van der Waals surface area (Å²) in [5, 5.41) is 0. The van der Waals surface area contributed by atoms with E-state index < -0.39 is 0 Å². The Morgan fingerprint density at radius 2 is 2.06 bits per heavy atom. The number of nitrogens with two attached hydrogens (primary N) is 1. The molecule has 2 atom stereocenters. The highest BCUT2D eigenvalue weighted by Gasteiger charge is 2.32. The minimum absolute atomic E-state index is 0.376. The molecule has 1 aromatic rings. The van der Waals surface area contributed by atoms with Gasteiger partial charge in [0.1, 0.15) is 0 Å². The van der Waals surface area contributed by atoms with Crippen LogP contribution in [0, 0.1) is 11.3 Å². The van der Waals surface area contributed by atoms with Gasteiger partial charge in [0, 0.05) is 18.4 Å². The second-order valence-electron chi connectivity index (χ2n) is 5.89. The Labute approximate surface area is 98.3 Å². The number of pyridine rings is 1. The Morgan fingerprint density at radius 1 is 1.38 bits per heavy atom. The Morgan fingerprint density at radius 3 is 2.75 bits per heavy atom. The highest BCUT2D eigenvalue weighted by Crippen LogP contribution is 2.39. The van der Waals surface area contributed by atoms with Crippen molar-refractivity contribution in [3.63, 3.8) is 0 Å². The number of hydrogen-bond donors (Lipinski definition) is 1. The van der Waals surface area contributed by atoms with Crippen molar-refractivity contribution in [1.82, 2.24) is 4.98 Å². The minimum Gasteiger partial charge on any atom is -0.327 e. The summed E-state index contributed by atoms with van der Waals surface area (Å²) in [5.41, 5.74) is 8.07. The fourth-order valence-corrected chi connectivity index (χ4v) is 2.80. The van der Waals surface area contributed by atoms with E-state index in [-0.39, 0.29) is 0 Å². The zero-order valence-electron chi connectivity index (χ0n) is 10.3. The molecule has 88 valence electrons. The van der Waals surface area contributed by atoms with Crippen LogP contribution in [0.5, 0.6) is 0 Å². The number of aromatic nitrogens is 1. The predicted molar refractivity (Wildman–Crippen MR) is 67.0 cm³/mol. The largest absolute Gasteiger partial charge is 0.327 e. The summed E-state index contributed by atoms with van der Waals surface area (Å²) in [7, 11) is 0. The van der Waals surface area contributed by atoms with E-state index in [0.717, 1.165) is 6.42 Å². The number of rotatable bonds is 2. The molecule has 1 fully saturated rings. The molecule has 0 bridgehead atoms. The van der Waals surface area contributed by atoms with Gasteiger partial charge in [-0.15, -0.1) is 0 Å². The molecule has 1 saturated carbocycles. The van der Waals surface area contributed by atoms with Crippen LogP contribution in [0.2, 0.25) is 0 Å². The van der Waals surface area contributed by atoms with Crippen molar-refractivity contribution in [2.24, 2.45) is 17.1 Å². The molecular formula is C14H22N2. The molecule has 1 aliphatic rings. The van der Waals surface area contributed by atoms with E-state index in [0.29, 0.717) is 17.4 Å². The van der Waals surface area contributed by atoms with E-state index in [4.69, 9.17) is 5.73 Å². The van der Waals surface area contributed by atoms with Crippen LogP contribution in [0.3, 0.4) is 0 Å². The van der Waals surface area contributed by atoms with Crippen molar-refractivity contribution in [3.8, 4) is 0 Å². The normalized spacial score (nSPS) is 28.9. The molecule has 2 rings (SSSR count). The van der Waals surface area contributed by atoms with Gasteiger partial charge >= 0.3 is 0 Å². The molecule has 2 nitrogen and oxygen atoms in total. The highest BCUT2D eigenvalue weighted by atomic mass is 14.7. The van der Waals surface area contributed by atoms with E-state index in [9.17, 15) is 0 Å². The van der Waals surface area contributed by atoms with E-state index in [1.807, 2.05) is 12.4 Å². The second-order valence-corrected chi connectivity index (χ2v) is 5.89. The van der Waals surface area contributed by atoms with Gasteiger partial charge in [-0.1, -0.05) is 13.8 Å². The van der Waals surface area contributed by atoms with Crippen LogP contribution in [-0.4, -0.2) is 11.0 Å². The lowest BCUT2D eigenvalue weighted by atomic mass is 9.68. The third-order valence-corrected chi connectivity index (χ3v) is 3.82. The van der Waals surface area contributed by atoms with Gasteiger partial charge in [0.25, 0.3) is 0 Å². The van der Waals surface area contributed by atoms with Crippen LogP contribution in [0.4, 0.5) is 0 Å². The quantitative estimate of drug-likeness (QED) is 0.829. The van der Waals surface area contributed by atoms with Crippen LogP contribution in [-0.2, 0) is 6.42 Å². The third kappa shape index (κ3) is 2.82. The van der Waals surface area contributed by atoms with Crippen molar-refractivity contribution in [1.29, 1.82) is 0 Å². The summed E-state index contributed by atoms with van der Waals surface area (Å²) >= 11 is 0. The summed E-state index contributed by atoms with van der Waals surface area (Å²) in [6.07, 6.45) is 8.52. The first kappa shape index (κ1) is 11.6. The lowest BCUT2D eigenvalue weighted by Gasteiger charge is -2.39. The van der Waals surface area contributed by atoms with E-state index >= 15 is 0 Å². The van der Waals surface area contributed by atoms with Gasteiger partial charge in [0.15, 0.2) is 0 Å². The van der Waals surface area contributed by atoms with Crippen LogP contribution in [0.1, 0.15) is 38.7 Å².